The predicted molar refractivity (Wildman–Crippen MR) is 128 cm³/mol. The molecular formula is C25H26N6O4. The Morgan fingerprint density at radius 3 is 2.66 bits per heavy atom. The summed E-state index contributed by atoms with van der Waals surface area (Å²) in [7, 11) is 0. The lowest BCUT2D eigenvalue weighted by atomic mass is 9.62. The number of hydrogen-bond acceptors (Lipinski definition) is 7. The Kier molecular flexibility index (Phi) is 5.08. The number of hydrogen-bond donors (Lipinski definition) is 3. The first-order valence-corrected chi connectivity index (χ1v) is 11.7. The third kappa shape index (κ3) is 3.40. The van der Waals surface area contributed by atoms with Gasteiger partial charge in [-0.1, -0.05) is 18.2 Å². The van der Waals surface area contributed by atoms with Crippen molar-refractivity contribution in [1.29, 1.82) is 0 Å². The molecule has 10 heteroatoms. The minimum Gasteiger partial charge on any atom is -0.481 e. The predicted octanol–water partition coefficient (Wildman–Crippen LogP) is 2.67. The normalized spacial score (nSPS) is 22.8. The molecular weight excluding hydrogens is 448 g/mol. The minimum atomic E-state index is -1.08. The standard InChI is InChI=1S/C25H26N6O4/c26-23-22-19(20-4-7-28-30(20)17-5-8-35-9-6-17)11-21(31(22)29-14-27-23)15-2-1-3-16(10-15)25(24(33)34)12-18(32)13-25/h1-4,7,10-11,14,17-18,32H,5-6,8-9,12-13H2,(H,33,34)(H2,26,27,29)/t18-,25+. The number of fused-ring (bicyclic) bond motifs is 1. The summed E-state index contributed by atoms with van der Waals surface area (Å²) in [4.78, 5) is 16.4. The number of carbonyl (C=O) groups is 1. The number of nitrogen functional groups attached to an aromatic ring is 1. The maximum Gasteiger partial charge on any atom is 0.314 e. The average molecular weight is 475 g/mol. The lowest BCUT2D eigenvalue weighted by molar-refractivity contribution is -0.152. The molecule has 0 unspecified atom stereocenters. The summed E-state index contributed by atoms with van der Waals surface area (Å²) in [6, 6.07) is 11.6. The second-order valence-corrected chi connectivity index (χ2v) is 9.38. The van der Waals surface area contributed by atoms with Gasteiger partial charge in [0.2, 0.25) is 0 Å². The molecule has 1 aromatic carbocycles. The van der Waals surface area contributed by atoms with Gasteiger partial charge in [-0.25, -0.2) is 9.50 Å². The van der Waals surface area contributed by atoms with Gasteiger partial charge in [0.05, 0.1) is 28.9 Å². The van der Waals surface area contributed by atoms with E-state index in [0.29, 0.717) is 30.1 Å². The molecule has 180 valence electrons. The fourth-order valence-corrected chi connectivity index (χ4v) is 5.47. The smallest absolute Gasteiger partial charge is 0.314 e. The van der Waals surface area contributed by atoms with E-state index < -0.39 is 17.5 Å². The number of benzene rings is 1. The van der Waals surface area contributed by atoms with Gasteiger partial charge in [-0.2, -0.15) is 10.2 Å². The summed E-state index contributed by atoms with van der Waals surface area (Å²) < 4.78 is 9.31. The molecule has 2 aliphatic rings. The zero-order valence-corrected chi connectivity index (χ0v) is 19.0. The van der Waals surface area contributed by atoms with Gasteiger partial charge in [0, 0.05) is 30.5 Å². The maximum atomic E-state index is 12.1. The first-order chi connectivity index (χ1) is 17.0. The van der Waals surface area contributed by atoms with Gasteiger partial charge in [-0.3, -0.25) is 9.48 Å². The number of nitrogens with two attached hydrogens (primary N) is 1. The van der Waals surface area contributed by atoms with Crippen molar-refractivity contribution >= 4 is 17.3 Å². The molecule has 1 aliphatic carbocycles. The van der Waals surface area contributed by atoms with E-state index in [1.807, 2.05) is 41.1 Å². The van der Waals surface area contributed by atoms with Crippen LogP contribution in [0.15, 0.2) is 48.9 Å². The van der Waals surface area contributed by atoms with E-state index in [1.165, 1.54) is 6.33 Å². The summed E-state index contributed by atoms with van der Waals surface area (Å²) >= 11 is 0. The van der Waals surface area contributed by atoms with Crippen LogP contribution >= 0.6 is 0 Å². The third-order valence-corrected chi connectivity index (χ3v) is 7.35. The zero-order valence-electron chi connectivity index (χ0n) is 19.0. The number of carboxylic acids is 1. The molecule has 0 spiro atoms. The van der Waals surface area contributed by atoms with Crippen molar-refractivity contribution in [2.75, 3.05) is 18.9 Å². The molecule has 2 fully saturated rings. The number of anilines is 1. The highest BCUT2D eigenvalue weighted by Crippen LogP contribution is 2.45. The second kappa shape index (κ2) is 8.17. The number of aromatic nitrogens is 5. The van der Waals surface area contributed by atoms with Crippen molar-refractivity contribution in [2.24, 2.45) is 0 Å². The molecule has 3 aromatic heterocycles. The highest BCUT2D eigenvalue weighted by atomic mass is 16.5. The van der Waals surface area contributed by atoms with Crippen molar-refractivity contribution < 1.29 is 19.7 Å². The van der Waals surface area contributed by atoms with Gasteiger partial charge in [0.25, 0.3) is 0 Å². The number of ether oxygens (including phenoxy) is 1. The largest absolute Gasteiger partial charge is 0.481 e. The van der Waals surface area contributed by atoms with Crippen LogP contribution in [0, 0.1) is 0 Å². The molecule has 0 atom stereocenters. The van der Waals surface area contributed by atoms with Crippen molar-refractivity contribution in [3.05, 3.63) is 54.5 Å². The number of aliphatic hydroxyl groups excluding tert-OH is 1. The lowest BCUT2D eigenvalue weighted by Crippen LogP contribution is -2.50. The molecule has 4 N–H and O–H groups in total. The molecule has 0 bridgehead atoms. The molecule has 35 heavy (non-hydrogen) atoms. The van der Waals surface area contributed by atoms with E-state index in [9.17, 15) is 15.0 Å². The van der Waals surface area contributed by atoms with Crippen LogP contribution in [0.4, 0.5) is 5.82 Å². The van der Waals surface area contributed by atoms with Crippen LogP contribution in [0.2, 0.25) is 0 Å². The molecule has 0 amide bonds. The van der Waals surface area contributed by atoms with Crippen LogP contribution in [-0.2, 0) is 14.9 Å². The Balaban J connectivity index is 1.50. The van der Waals surface area contributed by atoms with E-state index in [2.05, 4.69) is 15.2 Å². The maximum absolute atomic E-state index is 12.1. The van der Waals surface area contributed by atoms with Gasteiger partial charge in [-0.15, -0.1) is 0 Å². The Labute approximate surface area is 201 Å². The number of aliphatic carboxylic acids is 1. The van der Waals surface area contributed by atoms with E-state index in [-0.39, 0.29) is 18.9 Å². The Bertz CT molecular complexity index is 1410. The second-order valence-electron chi connectivity index (χ2n) is 9.38. The fourth-order valence-electron chi connectivity index (χ4n) is 5.47. The van der Waals surface area contributed by atoms with E-state index in [0.717, 1.165) is 35.4 Å². The Morgan fingerprint density at radius 1 is 1.11 bits per heavy atom. The zero-order chi connectivity index (χ0) is 24.2. The molecule has 1 saturated heterocycles. The highest BCUT2D eigenvalue weighted by molar-refractivity contribution is 5.91. The molecule has 10 nitrogen and oxygen atoms in total. The van der Waals surface area contributed by atoms with E-state index in [4.69, 9.17) is 10.5 Å². The first kappa shape index (κ1) is 21.8. The molecule has 4 heterocycles. The van der Waals surface area contributed by atoms with Crippen molar-refractivity contribution in [2.45, 2.75) is 43.2 Å². The lowest BCUT2D eigenvalue weighted by Gasteiger charge is -2.42. The van der Waals surface area contributed by atoms with Crippen LogP contribution in [0.5, 0.6) is 0 Å². The first-order valence-electron chi connectivity index (χ1n) is 11.7. The number of aliphatic hydroxyl groups is 1. The summed E-state index contributed by atoms with van der Waals surface area (Å²) in [5.74, 6) is -0.575. The Morgan fingerprint density at radius 2 is 1.91 bits per heavy atom. The summed E-state index contributed by atoms with van der Waals surface area (Å²) in [5, 5.41) is 28.9. The molecule has 0 radical (unpaired) electrons. The van der Waals surface area contributed by atoms with Gasteiger partial charge in [0.1, 0.15) is 11.8 Å². The average Bonchev–Trinajstić information content (AvgIpc) is 3.48. The van der Waals surface area contributed by atoms with Crippen LogP contribution in [0.1, 0.15) is 37.3 Å². The number of rotatable bonds is 5. The van der Waals surface area contributed by atoms with Crippen LogP contribution in [0.3, 0.4) is 0 Å². The monoisotopic (exact) mass is 474 g/mol. The van der Waals surface area contributed by atoms with Crippen LogP contribution in [0.25, 0.3) is 28.0 Å². The van der Waals surface area contributed by atoms with Crippen molar-refractivity contribution in [3.63, 3.8) is 0 Å². The third-order valence-electron chi connectivity index (χ3n) is 7.35. The summed E-state index contributed by atoms with van der Waals surface area (Å²) in [6.45, 7) is 1.40. The fraction of sp³-hybridized carbons (Fsp3) is 0.360. The Hall–Kier alpha value is -3.76. The SMILES string of the molecule is Nc1ncnn2c(-c3cccc([C@]4(C(=O)O)C[C@@H](O)C4)c3)cc(-c3ccnn3C3CCOCC3)c12. The van der Waals surface area contributed by atoms with Crippen molar-refractivity contribution in [1.82, 2.24) is 24.4 Å². The van der Waals surface area contributed by atoms with Gasteiger partial charge in [0.15, 0.2) is 5.82 Å². The minimum absolute atomic E-state index is 0.200. The quantitative estimate of drug-likeness (QED) is 0.401. The number of carboxylic acid groups (broad SMARTS) is 1. The highest BCUT2D eigenvalue weighted by Gasteiger charge is 2.51. The summed E-state index contributed by atoms with van der Waals surface area (Å²) in [6.07, 6.45) is 4.75. The van der Waals surface area contributed by atoms with Gasteiger partial charge < -0.3 is 20.7 Å². The molecule has 4 aromatic rings. The molecule has 1 saturated carbocycles. The van der Waals surface area contributed by atoms with E-state index >= 15 is 0 Å². The van der Waals surface area contributed by atoms with Crippen LogP contribution < -0.4 is 5.73 Å². The van der Waals surface area contributed by atoms with E-state index in [1.54, 1.807) is 10.7 Å². The van der Waals surface area contributed by atoms with Gasteiger partial charge in [-0.05, 0) is 49.4 Å². The summed E-state index contributed by atoms with van der Waals surface area (Å²) in [5.41, 5.74) is 9.95. The molecule has 6 rings (SSSR count). The molecule has 1 aliphatic heterocycles. The number of nitrogens with zero attached hydrogens (tertiary/aromatic N) is 5. The van der Waals surface area contributed by atoms with Crippen molar-refractivity contribution in [3.8, 4) is 22.5 Å². The van der Waals surface area contributed by atoms with Crippen LogP contribution in [-0.4, -0.2) is 59.9 Å². The van der Waals surface area contributed by atoms with Gasteiger partial charge >= 0.3 is 5.97 Å². The topological polar surface area (TPSA) is 141 Å².